The van der Waals surface area contributed by atoms with E-state index in [9.17, 15) is 8.42 Å². The van der Waals surface area contributed by atoms with Crippen LogP contribution >= 0.6 is 10.7 Å². The van der Waals surface area contributed by atoms with E-state index in [-0.39, 0.29) is 0 Å². The molecule has 0 aliphatic heterocycles. The van der Waals surface area contributed by atoms with E-state index in [1.165, 1.54) is 7.05 Å². The van der Waals surface area contributed by atoms with E-state index >= 15 is 0 Å². The van der Waals surface area contributed by atoms with Crippen LogP contribution in [0, 0.1) is 13.8 Å². The van der Waals surface area contributed by atoms with Crippen LogP contribution in [0.2, 0.25) is 0 Å². The number of aryl methyl sites for hydroxylation is 2. The quantitative estimate of drug-likeness (QED) is 0.735. The Bertz CT molecular complexity index is 422. The van der Waals surface area contributed by atoms with Crippen LogP contribution in [0.3, 0.4) is 0 Å². The van der Waals surface area contributed by atoms with Crippen molar-refractivity contribution in [3.05, 3.63) is 29.3 Å². The van der Waals surface area contributed by atoms with Crippen molar-refractivity contribution >= 4 is 25.6 Å². The lowest BCUT2D eigenvalue weighted by Crippen LogP contribution is -2.21. The van der Waals surface area contributed by atoms with Crippen molar-refractivity contribution in [2.75, 3.05) is 11.4 Å². The number of hydrogen-bond donors (Lipinski definition) is 0. The summed E-state index contributed by atoms with van der Waals surface area (Å²) in [5.74, 6) is 0. The molecule has 14 heavy (non-hydrogen) atoms. The molecule has 0 heterocycles. The molecule has 78 valence electrons. The van der Waals surface area contributed by atoms with Crippen molar-refractivity contribution in [3.63, 3.8) is 0 Å². The zero-order chi connectivity index (χ0) is 10.9. The first-order chi connectivity index (χ1) is 6.30. The van der Waals surface area contributed by atoms with Crippen molar-refractivity contribution in [2.24, 2.45) is 0 Å². The second-order valence-electron chi connectivity index (χ2n) is 3.26. The minimum absolute atomic E-state index is 0.581. The fraction of sp³-hybridized carbons (Fsp3) is 0.333. The lowest BCUT2D eigenvalue weighted by molar-refractivity contribution is 0.608. The number of benzene rings is 1. The number of halogens is 1. The fourth-order valence-corrected chi connectivity index (χ4v) is 1.85. The maximum atomic E-state index is 11.0. The Hall–Kier alpha value is -0.740. The second-order valence-corrected chi connectivity index (χ2v) is 5.80. The third-order valence-electron chi connectivity index (χ3n) is 1.90. The second kappa shape index (κ2) is 3.79. The zero-order valence-electron chi connectivity index (χ0n) is 8.28. The highest BCUT2D eigenvalue weighted by Crippen LogP contribution is 2.21. The molecule has 0 amide bonds. The van der Waals surface area contributed by atoms with Gasteiger partial charge in [0, 0.05) is 17.7 Å². The summed E-state index contributed by atoms with van der Waals surface area (Å²) in [5.41, 5.74) is 2.59. The maximum absolute atomic E-state index is 11.0. The van der Waals surface area contributed by atoms with Gasteiger partial charge in [0.05, 0.1) is 5.69 Å². The van der Waals surface area contributed by atoms with E-state index in [2.05, 4.69) is 0 Å². The number of rotatable bonds is 2. The molecule has 0 atom stereocenters. The topological polar surface area (TPSA) is 37.4 Å². The van der Waals surface area contributed by atoms with Gasteiger partial charge in [-0.05, 0) is 37.1 Å². The molecule has 0 fully saturated rings. The zero-order valence-corrected chi connectivity index (χ0v) is 9.85. The van der Waals surface area contributed by atoms with Crippen LogP contribution in [-0.4, -0.2) is 15.5 Å². The minimum atomic E-state index is -3.68. The highest BCUT2D eigenvalue weighted by atomic mass is 35.7. The summed E-state index contributed by atoms with van der Waals surface area (Å²) >= 11 is 0. The Kier molecular flexibility index (Phi) is 3.07. The minimum Gasteiger partial charge on any atom is -0.261 e. The predicted molar refractivity (Wildman–Crippen MR) is 59.1 cm³/mol. The van der Waals surface area contributed by atoms with Gasteiger partial charge in [-0.15, -0.1) is 0 Å². The Balaban J connectivity index is 3.20. The highest BCUT2D eigenvalue weighted by molar-refractivity contribution is 8.14. The van der Waals surface area contributed by atoms with E-state index in [4.69, 9.17) is 10.7 Å². The highest BCUT2D eigenvalue weighted by Gasteiger charge is 2.14. The number of anilines is 1. The first-order valence-corrected chi connectivity index (χ1v) is 6.34. The molecule has 0 saturated carbocycles. The molecule has 0 saturated heterocycles. The van der Waals surface area contributed by atoms with Crippen LogP contribution in [0.25, 0.3) is 0 Å². The van der Waals surface area contributed by atoms with Gasteiger partial charge in [0.25, 0.3) is 0 Å². The van der Waals surface area contributed by atoms with Gasteiger partial charge < -0.3 is 0 Å². The maximum Gasteiger partial charge on any atom is 0.321 e. The lowest BCUT2D eigenvalue weighted by Gasteiger charge is -2.15. The van der Waals surface area contributed by atoms with Crippen molar-refractivity contribution in [1.82, 2.24) is 0 Å². The molecule has 0 unspecified atom stereocenters. The third-order valence-corrected chi connectivity index (χ3v) is 3.38. The molecule has 3 nitrogen and oxygen atoms in total. The van der Waals surface area contributed by atoms with E-state index in [1.807, 2.05) is 19.9 Å². The standard InChI is InChI=1S/C9H12ClNO2S/c1-7-4-8(2)6-9(5-7)11(3)14(10,12)13/h4-6H,1-3H3. The molecular weight excluding hydrogens is 222 g/mol. The molecule has 0 N–H and O–H groups in total. The van der Waals surface area contributed by atoms with Crippen LogP contribution in [0.1, 0.15) is 11.1 Å². The summed E-state index contributed by atoms with van der Waals surface area (Å²) in [7, 11) is 2.96. The van der Waals surface area contributed by atoms with Gasteiger partial charge in [0.1, 0.15) is 0 Å². The van der Waals surface area contributed by atoms with Gasteiger partial charge in [0.15, 0.2) is 0 Å². The molecule has 0 radical (unpaired) electrons. The van der Waals surface area contributed by atoms with Gasteiger partial charge in [-0.2, -0.15) is 8.42 Å². The predicted octanol–water partition coefficient (Wildman–Crippen LogP) is 2.22. The van der Waals surface area contributed by atoms with E-state index in [0.29, 0.717) is 5.69 Å². The molecule has 0 spiro atoms. The molecular formula is C9H12ClNO2S. The van der Waals surface area contributed by atoms with E-state index in [0.717, 1.165) is 15.4 Å². The van der Waals surface area contributed by atoms with Gasteiger partial charge in [0.2, 0.25) is 0 Å². The van der Waals surface area contributed by atoms with Gasteiger partial charge in [-0.3, -0.25) is 4.31 Å². The van der Waals surface area contributed by atoms with E-state index in [1.54, 1.807) is 12.1 Å². The number of hydrogen-bond acceptors (Lipinski definition) is 2. The van der Waals surface area contributed by atoms with Crippen LogP contribution in [0.15, 0.2) is 18.2 Å². The molecule has 0 aliphatic carbocycles. The summed E-state index contributed by atoms with van der Waals surface area (Å²) in [5, 5.41) is 0. The van der Waals surface area contributed by atoms with Crippen molar-refractivity contribution in [1.29, 1.82) is 0 Å². The molecule has 0 aliphatic rings. The summed E-state index contributed by atoms with van der Waals surface area (Å²) in [6.07, 6.45) is 0. The molecule has 1 aromatic carbocycles. The van der Waals surface area contributed by atoms with Crippen LogP contribution in [0.5, 0.6) is 0 Å². The van der Waals surface area contributed by atoms with Gasteiger partial charge in [-0.25, -0.2) is 0 Å². The van der Waals surface area contributed by atoms with Gasteiger partial charge in [-0.1, -0.05) is 6.07 Å². The van der Waals surface area contributed by atoms with Crippen molar-refractivity contribution in [2.45, 2.75) is 13.8 Å². The summed E-state index contributed by atoms with van der Waals surface area (Å²) in [4.78, 5) is 0. The lowest BCUT2D eigenvalue weighted by atomic mass is 10.1. The van der Waals surface area contributed by atoms with Gasteiger partial charge >= 0.3 is 9.24 Å². The average Bonchev–Trinajstić information content (AvgIpc) is 1.99. The Morgan fingerprint density at radius 1 is 1.14 bits per heavy atom. The first kappa shape index (κ1) is 11.3. The molecule has 5 heteroatoms. The first-order valence-electron chi connectivity index (χ1n) is 4.07. The fourth-order valence-electron chi connectivity index (χ4n) is 1.26. The molecule has 0 bridgehead atoms. The van der Waals surface area contributed by atoms with Crippen LogP contribution < -0.4 is 4.31 Å². The van der Waals surface area contributed by atoms with E-state index < -0.39 is 9.24 Å². The molecule has 0 aromatic heterocycles. The normalized spacial score (nSPS) is 11.4. The summed E-state index contributed by atoms with van der Waals surface area (Å²) < 4.78 is 23.1. The summed E-state index contributed by atoms with van der Waals surface area (Å²) in [6, 6.07) is 5.51. The Labute approximate surface area is 88.9 Å². The molecule has 1 rings (SSSR count). The summed E-state index contributed by atoms with van der Waals surface area (Å²) in [6.45, 7) is 3.82. The monoisotopic (exact) mass is 233 g/mol. The van der Waals surface area contributed by atoms with Crippen LogP contribution in [-0.2, 0) is 9.24 Å². The largest absolute Gasteiger partial charge is 0.321 e. The molecule has 1 aromatic rings. The van der Waals surface area contributed by atoms with Crippen molar-refractivity contribution in [3.8, 4) is 0 Å². The van der Waals surface area contributed by atoms with Crippen LogP contribution in [0.4, 0.5) is 5.69 Å². The Morgan fingerprint density at radius 2 is 1.57 bits per heavy atom. The number of nitrogens with zero attached hydrogens (tertiary/aromatic N) is 1. The van der Waals surface area contributed by atoms with Crippen molar-refractivity contribution < 1.29 is 8.42 Å². The SMILES string of the molecule is Cc1cc(C)cc(N(C)S(=O)(=O)Cl)c1. The third kappa shape index (κ3) is 2.62. The average molecular weight is 234 g/mol. The Morgan fingerprint density at radius 3 is 1.93 bits per heavy atom. The smallest absolute Gasteiger partial charge is 0.261 e.